The van der Waals surface area contributed by atoms with E-state index in [1.165, 1.54) is 0 Å². The molecule has 0 saturated heterocycles. The SMILES string of the molecule is Cc1cc(N)cc(OCCOC(C)C)c1. The van der Waals surface area contributed by atoms with Crippen LogP contribution in [0.3, 0.4) is 0 Å². The van der Waals surface area contributed by atoms with Gasteiger partial charge in [-0.15, -0.1) is 0 Å². The van der Waals surface area contributed by atoms with Crippen LogP contribution >= 0.6 is 0 Å². The highest BCUT2D eigenvalue weighted by Crippen LogP contribution is 2.17. The number of hydrogen-bond acceptors (Lipinski definition) is 3. The Morgan fingerprint density at radius 2 is 1.93 bits per heavy atom. The Balaban J connectivity index is 2.37. The smallest absolute Gasteiger partial charge is 0.121 e. The molecule has 0 aliphatic rings. The van der Waals surface area contributed by atoms with Gasteiger partial charge in [-0.1, -0.05) is 0 Å². The molecule has 0 radical (unpaired) electrons. The second-order valence-electron chi connectivity index (χ2n) is 3.85. The van der Waals surface area contributed by atoms with Crippen LogP contribution < -0.4 is 10.5 Å². The molecule has 0 saturated carbocycles. The quantitative estimate of drug-likeness (QED) is 0.598. The van der Waals surface area contributed by atoms with Crippen LogP contribution in [0.1, 0.15) is 19.4 Å². The van der Waals surface area contributed by atoms with Crippen LogP contribution in [-0.4, -0.2) is 19.3 Å². The third-order valence-corrected chi connectivity index (χ3v) is 1.88. The molecule has 0 heterocycles. The Bertz CT molecular complexity index is 290. The summed E-state index contributed by atoms with van der Waals surface area (Å²) < 4.78 is 10.9. The van der Waals surface area contributed by atoms with Crippen LogP contribution in [0.4, 0.5) is 5.69 Å². The molecule has 0 bridgehead atoms. The van der Waals surface area contributed by atoms with E-state index in [0.29, 0.717) is 13.2 Å². The summed E-state index contributed by atoms with van der Waals surface area (Å²) in [6.45, 7) is 7.16. The standard InChI is InChI=1S/C12H19NO2/c1-9(2)14-4-5-15-12-7-10(3)6-11(13)8-12/h6-9H,4-5,13H2,1-3H3. The molecule has 2 N–H and O–H groups in total. The predicted octanol–water partition coefficient (Wildman–Crippen LogP) is 2.38. The van der Waals surface area contributed by atoms with Crippen LogP contribution in [0.5, 0.6) is 5.75 Å². The van der Waals surface area contributed by atoms with E-state index >= 15 is 0 Å². The lowest BCUT2D eigenvalue weighted by molar-refractivity contribution is 0.0553. The number of nitrogen functional groups attached to an aromatic ring is 1. The summed E-state index contributed by atoms with van der Waals surface area (Å²) in [4.78, 5) is 0. The first-order chi connectivity index (χ1) is 7.08. The number of nitrogens with two attached hydrogens (primary N) is 1. The molecule has 84 valence electrons. The lowest BCUT2D eigenvalue weighted by atomic mass is 10.2. The molecule has 0 atom stereocenters. The molecule has 15 heavy (non-hydrogen) atoms. The van der Waals surface area contributed by atoms with Crippen LogP contribution in [0, 0.1) is 6.92 Å². The highest BCUT2D eigenvalue weighted by molar-refractivity contribution is 5.47. The van der Waals surface area contributed by atoms with Crippen molar-refractivity contribution in [3.63, 3.8) is 0 Å². The van der Waals surface area contributed by atoms with E-state index in [-0.39, 0.29) is 6.10 Å². The van der Waals surface area contributed by atoms with Crippen molar-refractivity contribution in [2.45, 2.75) is 26.9 Å². The van der Waals surface area contributed by atoms with Crippen LogP contribution in [0.2, 0.25) is 0 Å². The summed E-state index contributed by atoms with van der Waals surface area (Å²) in [6.07, 6.45) is 0.246. The zero-order valence-electron chi connectivity index (χ0n) is 9.62. The molecule has 0 fully saturated rings. The summed E-state index contributed by atoms with van der Waals surface area (Å²) in [5.41, 5.74) is 7.54. The molecule has 3 heteroatoms. The Morgan fingerprint density at radius 1 is 1.20 bits per heavy atom. The second kappa shape index (κ2) is 5.61. The summed E-state index contributed by atoms with van der Waals surface area (Å²) >= 11 is 0. The van der Waals surface area contributed by atoms with Crippen molar-refractivity contribution in [1.82, 2.24) is 0 Å². The molecule has 0 spiro atoms. The van der Waals surface area contributed by atoms with E-state index in [4.69, 9.17) is 15.2 Å². The van der Waals surface area contributed by atoms with E-state index < -0.39 is 0 Å². The second-order valence-corrected chi connectivity index (χ2v) is 3.85. The minimum absolute atomic E-state index is 0.246. The first kappa shape index (κ1) is 11.9. The molecule has 1 rings (SSSR count). The van der Waals surface area contributed by atoms with Crippen molar-refractivity contribution < 1.29 is 9.47 Å². The summed E-state index contributed by atoms with van der Waals surface area (Å²) in [7, 11) is 0. The molecule has 0 unspecified atom stereocenters. The van der Waals surface area contributed by atoms with Crippen LogP contribution in [-0.2, 0) is 4.74 Å². The van der Waals surface area contributed by atoms with E-state index in [9.17, 15) is 0 Å². The highest BCUT2D eigenvalue weighted by atomic mass is 16.5. The normalized spacial score (nSPS) is 10.7. The van der Waals surface area contributed by atoms with Gasteiger partial charge in [0.05, 0.1) is 12.7 Å². The van der Waals surface area contributed by atoms with Gasteiger partial charge in [0.15, 0.2) is 0 Å². The maximum Gasteiger partial charge on any atom is 0.121 e. The van der Waals surface area contributed by atoms with Gasteiger partial charge < -0.3 is 15.2 Å². The maximum absolute atomic E-state index is 5.70. The van der Waals surface area contributed by atoms with Crippen molar-refractivity contribution in [2.24, 2.45) is 0 Å². The van der Waals surface area contributed by atoms with E-state index in [0.717, 1.165) is 17.0 Å². The van der Waals surface area contributed by atoms with Gasteiger partial charge in [0, 0.05) is 11.8 Å². The first-order valence-corrected chi connectivity index (χ1v) is 5.19. The van der Waals surface area contributed by atoms with Crippen molar-refractivity contribution >= 4 is 5.69 Å². The van der Waals surface area contributed by atoms with Crippen molar-refractivity contribution in [2.75, 3.05) is 18.9 Å². The fourth-order valence-electron chi connectivity index (χ4n) is 1.30. The van der Waals surface area contributed by atoms with Crippen molar-refractivity contribution in [3.8, 4) is 5.75 Å². The Labute approximate surface area is 91.2 Å². The maximum atomic E-state index is 5.70. The Morgan fingerprint density at radius 3 is 2.53 bits per heavy atom. The van der Waals surface area contributed by atoms with E-state index in [2.05, 4.69) is 0 Å². The molecule has 0 aliphatic heterocycles. The van der Waals surface area contributed by atoms with Gasteiger partial charge in [-0.25, -0.2) is 0 Å². The number of ether oxygens (including phenoxy) is 2. The van der Waals surface area contributed by atoms with Gasteiger partial charge in [-0.2, -0.15) is 0 Å². The minimum atomic E-state index is 0.246. The molecular formula is C12H19NO2. The number of anilines is 1. The Kier molecular flexibility index (Phi) is 4.43. The lowest BCUT2D eigenvalue weighted by Crippen LogP contribution is -2.11. The van der Waals surface area contributed by atoms with Gasteiger partial charge in [-0.05, 0) is 38.5 Å². The third kappa shape index (κ3) is 4.70. The van der Waals surface area contributed by atoms with E-state index in [1.54, 1.807) is 0 Å². The van der Waals surface area contributed by atoms with Crippen molar-refractivity contribution in [1.29, 1.82) is 0 Å². The van der Waals surface area contributed by atoms with Gasteiger partial charge in [0.2, 0.25) is 0 Å². The molecular weight excluding hydrogens is 190 g/mol. The van der Waals surface area contributed by atoms with E-state index in [1.807, 2.05) is 39.0 Å². The van der Waals surface area contributed by atoms with Gasteiger partial charge >= 0.3 is 0 Å². The molecule has 1 aromatic rings. The number of hydrogen-bond donors (Lipinski definition) is 1. The van der Waals surface area contributed by atoms with Gasteiger partial charge in [0.1, 0.15) is 12.4 Å². The molecule has 0 aliphatic carbocycles. The first-order valence-electron chi connectivity index (χ1n) is 5.19. The summed E-state index contributed by atoms with van der Waals surface area (Å²) in [6, 6.07) is 5.70. The summed E-state index contributed by atoms with van der Waals surface area (Å²) in [5, 5.41) is 0. The predicted molar refractivity (Wildman–Crippen MR) is 62.2 cm³/mol. The molecule has 3 nitrogen and oxygen atoms in total. The fourth-order valence-corrected chi connectivity index (χ4v) is 1.30. The molecule has 0 aromatic heterocycles. The monoisotopic (exact) mass is 209 g/mol. The topological polar surface area (TPSA) is 44.5 Å². The highest BCUT2D eigenvalue weighted by Gasteiger charge is 1.98. The third-order valence-electron chi connectivity index (χ3n) is 1.88. The number of rotatable bonds is 5. The average molecular weight is 209 g/mol. The zero-order valence-corrected chi connectivity index (χ0v) is 9.62. The molecule has 0 amide bonds. The largest absolute Gasteiger partial charge is 0.491 e. The lowest BCUT2D eigenvalue weighted by Gasteiger charge is -2.10. The zero-order chi connectivity index (χ0) is 11.3. The minimum Gasteiger partial charge on any atom is -0.491 e. The van der Waals surface area contributed by atoms with Gasteiger partial charge in [0.25, 0.3) is 0 Å². The number of benzene rings is 1. The Hall–Kier alpha value is -1.22. The number of aryl methyl sites for hydroxylation is 1. The van der Waals surface area contributed by atoms with Crippen LogP contribution in [0.15, 0.2) is 18.2 Å². The summed E-state index contributed by atoms with van der Waals surface area (Å²) in [5.74, 6) is 0.805. The van der Waals surface area contributed by atoms with Crippen molar-refractivity contribution in [3.05, 3.63) is 23.8 Å². The van der Waals surface area contributed by atoms with Gasteiger partial charge in [-0.3, -0.25) is 0 Å². The molecule has 1 aromatic carbocycles. The average Bonchev–Trinajstić information content (AvgIpc) is 2.10. The fraction of sp³-hybridized carbons (Fsp3) is 0.500. The van der Waals surface area contributed by atoms with Crippen LogP contribution in [0.25, 0.3) is 0 Å².